The monoisotopic (exact) mass is 225 g/mol. The normalized spacial score (nSPS) is 15.0. The fraction of sp³-hybridized carbons (Fsp3) is 0.500. The van der Waals surface area contributed by atoms with Crippen molar-refractivity contribution in [2.45, 2.75) is 43.6 Å². The van der Waals surface area contributed by atoms with Gasteiger partial charge in [0.15, 0.2) is 0 Å². The summed E-state index contributed by atoms with van der Waals surface area (Å²) in [6.07, 6.45) is -0.304. The third-order valence-corrected chi connectivity index (χ3v) is 3.85. The highest BCUT2D eigenvalue weighted by atomic mass is 32.2. The molecule has 0 saturated carbocycles. The average molecular weight is 225 g/mol. The molecular formula is C12H19NOS. The summed E-state index contributed by atoms with van der Waals surface area (Å²) in [6.45, 7) is 6.45. The lowest BCUT2D eigenvalue weighted by atomic mass is 10.1. The number of aliphatic hydroxyl groups is 1. The van der Waals surface area contributed by atoms with Gasteiger partial charge in [-0.15, -0.1) is 11.8 Å². The Morgan fingerprint density at radius 3 is 2.60 bits per heavy atom. The van der Waals surface area contributed by atoms with Crippen LogP contribution in [0.25, 0.3) is 0 Å². The molecule has 3 N–H and O–H groups in total. The van der Waals surface area contributed by atoms with E-state index in [0.717, 1.165) is 5.56 Å². The molecule has 3 heteroatoms. The van der Waals surface area contributed by atoms with Crippen molar-refractivity contribution in [1.82, 2.24) is 0 Å². The summed E-state index contributed by atoms with van der Waals surface area (Å²) in [4.78, 5) is 1.18. The number of nitrogens with two attached hydrogens (primary N) is 1. The van der Waals surface area contributed by atoms with Crippen LogP contribution < -0.4 is 5.73 Å². The number of rotatable bonds is 4. The number of aliphatic hydroxyl groups excluding tert-OH is 1. The first-order chi connectivity index (χ1) is 7.04. The Kier molecular flexibility index (Phi) is 4.64. The molecule has 2 unspecified atom stereocenters. The van der Waals surface area contributed by atoms with Crippen LogP contribution >= 0.6 is 11.8 Å². The Balaban J connectivity index is 2.84. The second kappa shape index (κ2) is 5.54. The Morgan fingerprint density at radius 2 is 2.07 bits per heavy atom. The highest BCUT2D eigenvalue weighted by Gasteiger charge is 2.12. The molecule has 0 radical (unpaired) electrons. The molecule has 15 heavy (non-hydrogen) atoms. The number of benzene rings is 1. The summed E-state index contributed by atoms with van der Waals surface area (Å²) in [5.41, 5.74) is 8.08. The topological polar surface area (TPSA) is 46.2 Å². The van der Waals surface area contributed by atoms with Crippen LogP contribution in [0.15, 0.2) is 23.1 Å². The van der Waals surface area contributed by atoms with Crippen LogP contribution in [0.4, 0.5) is 0 Å². The minimum Gasteiger partial charge on any atom is -0.392 e. The zero-order valence-corrected chi connectivity index (χ0v) is 10.3. The average Bonchev–Trinajstić information content (AvgIpc) is 2.20. The molecule has 0 spiro atoms. The summed E-state index contributed by atoms with van der Waals surface area (Å²) < 4.78 is 0. The number of thioether (sulfide) groups is 1. The summed E-state index contributed by atoms with van der Waals surface area (Å²) >= 11 is 1.68. The Morgan fingerprint density at radius 1 is 1.40 bits per heavy atom. The van der Waals surface area contributed by atoms with Gasteiger partial charge in [-0.25, -0.2) is 0 Å². The first-order valence-corrected chi connectivity index (χ1v) is 6.07. The SMILES string of the molecule is Cc1ccc(SC(C)C(C)O)c(CN)c1. The number of hydrogen-bond acceptors (Lipinski definition) is 3. The molecule has 0 aliphatic carbocycles. The van der Waals surface area contributed by atoms with E-state index in [-0.39, 0.29) is 11.4 Å². The highest BCUT2D eigenvalue weighted by Crippen LogP contribution is 2.28. The molecule has 0 aromatic heterocycles. The molecular weight excluding hydrogens is 206 g/mol. The van der Waals surface area contributed by atoms with E-state index >= 15 is 0 Å². The van der Waals surface area contributed by atoms with Crippen LogP contribution in [0.1, 0.15) is 25.0 Å². The smallest absolute Gasteiger partial charge is 0.0631 e. The van der Waals surface area contributed by atoms with Gasteiger partial charge in [0.05, 0.1) is 6.10 Å². The van der Waals surface area contributed by atoms with Crippen molar-refractivity contribution in [3.05, 3.63) is 29.3 Å². The van der Waals surface area contributed by atoms with Gasteiger partial charge in [0.2, 0.25) is 0 Å². The molecule has 0 aliphatic rings. The lowest BCUT2D eigenvalue weighted by Gasteiger charge is -2.16. The highest BCUT2D eigenvalue weighted by molar-refractivity contribution is 8.00. The second-order valence-corrected chi connectivity index (χ2v) is 5.30. The van der Waals surface area contributed by atoms with Crippen LogP contribution in [-0.4, -0.2) is 16.5 Å². The molecule has 0 heterocycles. The van der Waals surface area contributed by atoms with Crippen molar-refractivity contribution in [3.63, 3.8) is 0 Å². The summed E-state index contributed by atoms with van der Waals surface area (Å²) in [6, 6.07) is 6.27. The van der Waals surface area contributed by atoms with Crippen molar-refractivity contribution >= 4 is 11.8 Å². The van der Waals surface area contributed by atoms with E-state index in [9.17, 15) is 5.11 Å². The molecule has 0 saturated heterocycles. The number of hydrogen-bond donors (Lipinski definition) is 2. The van der Waals surface area contributed by atoms with E-state index in [2.05, 4.69) is 25.1 Å². The van der Waals surface area contributed by atoms with Crippen LogP contribution in [0.5, 0.6) is 0 Å². The van der Waals surface area contributed by atoms with Crippen LogP contribution in [-0.2, 0) is 6.54 Å². The standard InChI is InChI=1S/C12H19NOS/c1-8-4-5-12(11(6-8)7-13)15-10(3)9(2)14/h4-6,9-10,14H,7,13H2,1-3H3. The van der Waals surface area contributed by atoms with Crippen molar-refractivity contribution < 1.29 is 5.11 Å². The van der Waals surface area contributed by atoms with Gasteiger partial charge in [0.1, 0.15) is 0 Å². The zero-order valence-electron chi connectivity index (χ0n) is 9.53. The Bertz CT molecular complexity index is 325. The van der Waals surface area contributed by atoms with Crippen LogP contribution in [0, 0.1) is 6.92 Å². The van der Waals surface area contributed by atoms with Crippen LogP contribution in [0.3, 0.4) is 0 Å². The van der Waals surface area contributed by atoms with Gasteiger partial charge in [-0.2, -0.15) is 0 Å². The third kappa shape index (κ3) is 3.52. The van der Waals surface area contributed by atoms with E-state index in [1.807, 2.05) is 13.8 Å². The van der Waals surface area contributed by atoms with Gasteiger partial charge >= 0.3 is 0 Å². The number of aryl methyl sites for hydroxylation is 1. The van der Waals surface area contributed by atoms with Crippen molar-refractivity contribution in [2.75, 3.05) is 0 Å². The minimum absolute atomic E-state index is 0.193. The fourth-order valence-corrected chi connectivity index (χ4v) is 2.32. The zero-order chi connectivity index (χ0) is 11.4. The van der Waals surface area contributed by atoms with E-state index in [1.165, 1.54) is 10.5 Å². The second-order valence-electron chi connectivity index (χ2n) is 3.88. The predicted molar refractivity (Wildman–Crippen MR) is 66.1 cm³/mol. The molecule has 84 valence electrons. The third-order valence-electron chi connectivity index (χ3n) is 2.43. The minimum atomic E-state index is -0.304. The lowest BCUT2D eigenvalue weighted by Crippen LogP contribution is -2.15. The molecule has 1 rings (SSSR count). The quantitative estimate of drug-likeness (QED) is 0.773. The van der Waals surface area contributed by atoms with Crippen molar-refractivity contribution in [3.8, 4) is 0 Å². The van der Waals surface area contributed by atoms with E-state index in [4.69, 9.17) is 5.73 Å². The molecule has 2 nitrogen and oxygen atoms in total. The van der Waals surface area contributed by atoms with Gasteiger partial charge in [-0.3, -0.25) is 0 Å². The molecule has 0 fully saturated rings. The Labute approximate surface area is 95.9 Å². The summed E-state index contributed by atoms with van der Waals surface area (Å²) in [7, 11) is 0. The molecule has 1 aromatic carbocycles. The fourth-order valence-electron chi connectivity index (χ4n) is 1.28. The maximum absolute atomic E-state index is 9.45. The summed E-state index contributed by atoms with van der Waals surface area (Å²) in [5.74, 6) is 0. The summed E-state index contributed by atoms with van der Waals surface area (Å²) in [5, 5.41) is 9.64. The molecule has 0 amide bonds. The molecule has 2 atom stereocenters. The van der Waals surface area contributed by atoms with E-state index in [1.54, 1.807) is 11.8 Å². The van der Waals surface area contributed by atoms with Gasteiger partial charge in [-0.05, 0) is 25.5 Å². The first-order valence-electron chi connectivity index (χ1n) is 5.19. The van der Waals surface area contributed by atoms with E-state index < -0.39 is 0 Å². The first kappa shape index (κ1) is 12.6. The van der Waals surface area contributed by atoms with Gasteiger partial charge < -0.3 is 10.8 Å². The predicted octanol–water partition coefficient (Wildman–Crippen LogP) is 2.32. The largest absolute Gasteiger partial charge is 0.392 e. The molecule has 0 bridgehead atoms. The van der Waals surface area contributed by atoms with Crippen LogP contribution in [0.2, 0.25) is 0 Å². The van der Waals surface area contributed by atoms with Gasteiger partial charge in [0, 0.05) is 16.7 Å². The van der Waals surface area contributed by atoms with Crippen molar-refractivity contribution in [1.29, 1.82) is 0 Å². The van der Waals surface area contributed by atoms with E-state index in [0.29, 0.717) is 6.54 Å². The van der Waals surface area contributed by atoms with Gasteiger partial charge in [-0.1, -0.05) is 24.6 Å². The molecule has 0 aliphatic heterocycles. The van der Waals surface area contributed by atoms with Crippen molar-refractivity contribution in [2.24, 2.45) is 5.73 Å². The lowest BCUT2D eigenvalue weighted by molar-refractivity contribution is 0.196. The van der Waals surface area contributed by atoms with Gasteiger partial charge in [0.25, 0.3) is 0 Å². The maximum atomic E-state index is 9.45. The molecule has 1 aromatic rings. The Hall–Kier alpha value is -0.510. The maximum Gasteiger partial charge on any atom is 0.0631 e.